The van der Waals surface area contributed by atoms with Crippen LogP contribution < -0.4 is 4.74 Å². The van der Waals surface area contributed by atoms with Gasteiger partial charge >= 0.3 is 0 Å². The molecule has 0 radical (unpaired) electrons. The van der Waals surface area contributed by atoms with E-state index in [1.54, 1.807) is 12.4 Å². The molecule has 0 bridgehead atoms. The number of hydrogen-bond acceptors (Lipinski definition) is 3. The second kappa shape index (κ2) is 6.55. The predicted octanol–water partition coefficient (Wildman–Crippen LogP) is 3.62. The van der Waals surface area contributed by atoms with Crippen LogP contribution in [0.4, 0.5) is 5.69 Å². The summed E-state index contributed by atoms with van der Waals surface area (Å²) in [5.41, 5.74) is 1.95. The van der Waals surface area contributed by atoms with E-state index in [1.165, 1.54) is 0 Å². The lowest BCUT2D eigenvalue weighted by Crippen LogP contribution is -1.93. The van der Waals surface area contributed by atoms with Crippen molar-refractivity contribution in [2.24, 2.45) is 4.99 Å². The second-order valence-corrected chi connectivity index (χ2v) is 3.88. The summed E-state index contributed by atoms with van der Waals surface area (Å²) >= 11 is 0. The van der Waals surface area contributed by atoms with E-state index in [2.05, 4.69) is 16.9 Å². The molecule has 0 aliphatic heterocycles. The summed E-state index contributed by atoms with van der Waals surface area (Å²) in [4.78, 5) is 8.35. The molecule has 0 saturated carbocycles. The number of aliphatic imine (C=N–C) groups is 1. The molecule has 1 aromatic carbocycles. The van der Waals surface area contributed by atoms with Crippen LogP contribution in [0.5, 0.6) is 5.75 Å². The van der Waals surface area contributed by atoms with Gasteiger partial charge in [0.15, 0.2) is 0 Å². The van der Waals surface area contributed by atoms with Gasteiger partial charge in [-0.1, -0.05) is 6.92 Å². The summed E-state index contributed by atoms with van der Waals surface area (Å²) in [5.74, 6) is 0.889. The third kappa shape index (κ3) is 3.70. The Kier molecular flexibility index (Phi) is 4.47. The highest BCUT2D eigenvalue weighted by molar-refractivity contribution is 5.81. The Morgan fingerprint density at radius 1 is 1.11 bits per heavy atom. The van der Waals surface area contributed by atoms with Crippen LogP contribution in [0.25, 0.3) is 0 Å². The molecule has 0 aliphatic rings. The maximum absolute atomic E-state index is 5.51. The fourth-order valence-corrected chi connectivity index (χ4v) is 1.45. The molecule has 0 unspecified atom stereocenters. The predicted molar refractivity (Wildman–Crippen MR) is 73.7 cm³/mol. The van der Waals surface area contributed by atoms with Crippen LogP contribution in [-0.4, -0.2) is 17.8 Å². The third-order valence-corrected chi connectivity index (χ3v) is 2.38. The molecule has 2 aromatic rings. The molecule has 0 saturated heterocycles. The highest BCUT2D eigenvalue weighted by atomic mass is 16.5. The lowest BCUT2D eigenvalue weighted by Gasteiger charge is -2.03. The molecular weight excluding hydrogens is 224 g/mol. The molecule has 0 spiro atoms. The van der Waals surface area contributed by atoms with Crippen LogP contribution in [0, 0.1) is 0 Å². The Morgan fingerprint density at radius 2 is 1.83 bits per heavy atom. The lowest BCUT2D eigenvalue weighted by molar-refractivity contribution is 0.317. The van der Waals surface area contributed by atoms with Crippen molar-refractivity contribution in [1.82, 2.24) is 4.98 Å². The topological polar surface area (TPSA) is 34.5 Å². The van der Waals surface area contributed by atoms with Gasteiger partial charge < -0.3 is 4.74 Å². The Hall–Kier alpha value is -2.16. The molecule has 3 nitrogen and oxygen atoms in total. The van der Waals surface area contributed by atoms with Gasteiger partial charge in [0.05, 0.1) is 12.3 Å². The van der Waals surface area contributed by atoms with Crippen molar-refractivity contribution >= 4 is 11.9 Å². The van der Waals surface area contributed by atoms with Crippen LogP contribution in [0.2, 0.25) is 0 Å². The first-order valence-electron chi connectivity index (χ1n) is 6.05. The summed E-state index contributed by atoms with van der Waals surface area (Å²) in [6.45, 7) is 2.84. The molecule has 0 atom stereocenters. The molecular formula is C15H16N2O. The van der Waals surface area contributed by atoms with E-state index in [1.807, 2.05) is 42.6 Å². The highest BCUT2D eigenvalue weighted by Crippen LogP contribution is 2.18. The first-order chi connectivity index (χ1) is 8.88. The number of aromatic nitrogens is 1. The fraction of sp³-hybridized carbons (Fsp3) is 0.200. The van der Waals surface area contributed by atoms with Crippen LogP contribution >= 0.6 is 0 Å². The van der Waals surface area contributed by atoms with Crippen molar-refractivity contribution < 1.29 is 4.74 Å². The minimum Gasteiger partial charge on any atom is -0.494 e. The van der Waals surface area contributed by atoms with Gasteiger partial charge in [-0.05, 0) is 48.4 Å². The van der Waals surface area contributed by atoms with Gasteiger partial charge in [0.1, 0.15) is 5.75 Å². The van der Waals surface area contributed by atoms with Crippen LogP contribution in [0.3, 0.4) is 0 Å². The van der Waals surface area contributed by atoms with Crippen molar-refractivity contribution in [1.29, 1.82) is 0 Å². The zero-order valence-corrected chi connectivity index (χ0v) is 10.4. The summed E-state index contributed by atoms with van der Waals surface area (Å²) in [6, 6.07) is 11.6. The largest absolute Gasteiger partial charge is 0.494 e. The minimum absolute atomic E-state index is 0.750. The molecule has 18 heavy (non-hydrogen) atoms. The molecule has 1 aromatic heterocycles. The molecule has 3 heteroatoms. The van der Waals surface area contributed by atoms with Crippen LogP contribution in [0.15, 0.2) is 53.8 Å². The summed E-state index contributed by atoms with van der Waals surface area (Å²) in [6.07, 6.45) is 6.34. The van der Waals surface area contributed by atoms with E-state index in [0.717, 1.165) is 30.0 Å². The zero-order valence-electron chi connectivity index (χ0n) is 10.4. The normalized spacial score (nSPS) is 10.7. The van der Waals surface area contributed by atoms with Gasteiger partial charge in [0.25, 0.3) is 0 Å². The van der Waals surface area contributed by atoms with Crippen molar-refractivity contribution in [3.8, 4) is 5.75 Å². The zero-order chi connectivity index (χ0) is 12.6. The fourth-order valence-electron chi connectivity index (χ4n) is 1.45. The van der Waals surface area contributed by atoms with E-state index in [9.17, 15) is 0 Å². The maximum Gasteiger partial charge on any atom is 0.119 e. The smallest absolute Gasteiger partial charge is 0.119 e. The second-order valence-electron chi connectivity index (χ2n) is 3.88. The lowest BCUT2D eigenvalue weighted by atomic mass is 10.3. The summed E-state index contributed by atoms with van der Waals surface area (Å²) in [7, 11) is 0. The highest BCUT2D eigenvalue weighted by Gasteiger charge is 1.93. The van der Waals surface area contributed by atoms with Gasteiger partial charge in [0.2, 0.25) is 0 Å². The molecule has 1 heterocycles. The van der Waals surface area contributed by atoms with Crippen molar-refractivity contribution in [3.63, 3.8) is 0 Å². The Morgan fingerprint density at radius 3 is 2.50 bits per heavy atom. The Bertz CT molecular complexity index is 492. The quantitative estimate of drug-likeness (QED) is 0.748. The van der Waals surface area contributed by atoms with Crippen molar-refractivity contribution in [2.45, 2.75) is 13.3 Å². The van der Waals surface area contributed by atoms with E-state index in [4.69, 9.17) is 4.74 Å². The van der Waals surface area contributed by atoms with Gasteiger partial charge in [-0.25, -0.2) is 0 Å². The van der Waals surface area contributed by atoms with Gasteiger partial charge in [0, 0.05) is 18.6 Å². The Labute approximate surface area is 107 Å². The number of nitrogens with zero attached hydrogens (tertiary/aromatic N) is 2. The van der Waals surface area contributed by atoms with E-state index in [-0.39, 0.29) is 0 Å². The monoisotopic (exact) mass is 240 g/mol. The molecule has 92 valence electrons. The first kappa shape index (κ1) is 12.3. The average molecular weight is 240 g/mol. The number of benzene rings is 1. The SMILES string of the molecule is CCCOc1ccc(N=Cc2ccncc2)cc1. The van der Waals surface area contributed by atoms with Gasteiger partial charge in [-0.15, -0.1) is 0 Å². The maximum atomic E-state index is 5.51. The molecule has 0 aliphatic carbocycles. The van der Waals surface area contributed by atoms with Gasteiger partial charge in [-0.2, -0.15) is 0 Å². The molecule has 0 N–H and O–H groups in total. The van der Waals surface area contributed by atoms with Crippen molar-refractivity contribution in [3.05, 3.63) is 54.4 Å². The molecule has 0 amide bonds. The summed E-state index contributed by atoms with van der Waals surface area (Å²) in [5, 5.41) is 0. The summed E-state index contributed by atoms with van der Waals surface area (Å²) < 4.78 is 5.51. The number of ether oxygens (including phenoxy) is 1. The number of rotatable bonds is 5. The van der Waals surface area contributed by atoms with E-state index in [0.29, 0.717) is 0 Å². The van der Waals surface area contributed by atoms with E-state index < -0.39 is 0 Å². The number of hydrogen-bond donors (Lipinski definition) is 0. The Balaban J connectivity index is 2.00. The van der Waals surface area contributed by atoms with Gasteiger partial charge in [-0.3, -0.25) is 9.98 Å². The third-order valence-electron chi connectivity index (χ3n) is 2.38. The van der Waals surface area contributed by atoms with Crippen molar-refractivity contribution in [2.75, 3.05) is 6.61 Å². The average Bonchev–Trinajstić information content (AvgIpc) is 2.45. The first-order valence-corrected chi connectivity index (χ1v) is 6.05. The molecule has 2 rings (SSSR count). The minimum atomic E-state index is 0.750. The van der Waals surface area contributed by atoms with E-state index >= 15 is 0 Å². The standard InChI is InChI=1S/C15H16N2O/c1-2-11-18-15-5-3-14(4-6-15)17-12-13-7-9-16-10-8-13/h3-10,12H,2,11H2,1H3. The number of pyridine rings is 1. The van der Waals surface area contributed by atoms with Crippen LogP contribution in [0.1, 0.15) is 18.9 Å². The van der Waals surface area contributed by atoms with Crippen LogP contribution in [-0.2, 0) is 0 Å². The molecule has 0 fully saturated rings.